The largest absolute Gasteiger partial charge is 0.377 e. The van der Waals surface area contributed by atoms with Crippen LogP contribution in [0.1, 0.15) is 47.0 Å². The summed E-state index contributed by atoms with van der Waals surface area (Å²) >= 11 is 0. The van der Waals surface area contributed by atoms with Gasteiger partial charge >= 0.3 is 0 Å². The topological polar surface area (TPSA) is 74.8 Å². The van der Waals surface area contributed by atoms with Crippen molar-refractivity contribution in [1.29, 1.82) is 0 Å². The number of guanidine groups is 1. The SMILES string of the molecule is CCCNC(=O)CNC(=NC)NCC1CCCOC1C(C)(C)C.I. The van der Waals surface area contributed by atoms with Gasteiger partial charge in [0, 0.05) is 32.7 Å². The summed E-state index contributed by atoms with van der Waals surface area (Å²) in [6.45, 7) is 11.3. The normalized spacial score (nSPS) is 21.6. The number of nitrogens with zero attached hydrogens (tertiary/aromatic N) is 1. The smallest absolute Gasteiger partial charge is 0.239 e. The van der Waals surface area contributed by atoms with E-state index >= 15 is 0 Å². The highest BCUT2D eigenvalue weighted by molar-refractivity contribution is 14.0. The molecule has 0 bridgehead atoms. The van der Waals surface area contributed by atoms with Gasteiger partial charge in [-0.15, -0.1) is 24.0 Å². The lowest BCUT2D eigenvalue weighted by molar-refractivity contribution is -0.120. The number of carbonyl (C=O) groups excluding carboxylic acids is 1. The molecular formula is C17H35IN4O2. The van der Waals surface area contributed by atoms with Crippen LogP contribution in [-0.4, -0.2) is 51.3 Å². The van der Waals surface area contributed by atoms with Gasteiger partial charge in [-0.2, -0.15) is 0 Å². The predicted octanol–water partition coefficient (Wildman–Crippen LogP) is 2.14. The van der Waals surface area contributed by atoms with Gasteiger partial charge in [0.15, 0.2) is 5.96 Å². The number of hydrogen-bond donors (Lipinski definition) is 3. The second-order valence-electron chi connectivity index (χ2n) is 7.22. The Bertz CT molecular complexity index is 397. The van der Waals surface area contributed by atoms with Crippen LogP contribution in [0.25, 0.3) is 0 Å². The summed E-state index contributed by atoms with van der Waals surface area (Å²) in [5.41, 5.74) is 0.129. The van der Waals surface area contributed by atoms with Gasteiger partial charge in [0.2, 0.25) is 5.91 Å². The molecule has 0 aliphatic carbocycles. The van der Waals surface area contributed by atoms with E-state index in [1.54, 1.807) is 7.05 Å². The minimum atomic E-state index is -0.0108. The van der Waals surface area contributed by atoms with Crippen molar-refractivity contribution >= 4 is 35.8 Å². The van der Waals surface area contributed by atoms with Crippen molar-refractivity contribution in [2.24, 2.45) is 16.3 Å². The maximum Gasteiger partial charge on any atom is 0.239 e. The molecule has 1 heterocycles. The van der Waals surface area contributed by atoms with E-state index in [-0.39, 0.29) is 47.9 Å². The van der Waals surface area contributed by atoms with E-state index in [9.17, 15) is 4.79 Å². The quantitative estimate of drug-likeness (QED) is 0.327. The first-order valence-corrected chi connectivity index (χ1v) is 8.71. The van der Waals surface area contributed by atoms with E-state index in [1.165, 1.54) is 0 Å². The lowest BCUT2D eigenvalue weighted by Gasteiger charge is -2.40. The number of ether oxygens (including phenoxy) is 1. The highest BCUT2D eigenvalue weighted by Gasteiger charge is 2.35. The van der Waals surface area contributed by atoms with Gasteiger partial charge in [-0.1, -0.05) is 27.7 Å². The molecule has 1 aliphatic heterocycles. The monoisotopic (exact) mass is 454 g/mol. The molecule has 0 aromatic carbocycles. The molecule has 24 heavy (non-hydrogen) atoms. The number of rotatable bonds is 6. The standard InChI is InChI=1S/C17H34N4O2.HI/c1-6-9-19-14(22)12-21-16(18-5)20-11-13-8-7-10-23-15(13)17(2,3)4;/h13,15H,6-12H2,1-5H3,(H,19,22)(H2,18,20,21);1H. The number of hydrogen-bond acceptors (Lipinski definition) is 3. The average molecular weight is 454 g/mol. The van der Waals surface area contributed by atoms with Crippen molar-refractivity contribution < 1.29 is 9.53 Å². The summed E-state index contributed by atoms with van der Waals surface area (Å²) < 4.78 is 6.00. The zero-order chi connectivity index (χ0) is 17.3. The van der Waals surface area contributed by atoms with E-state index in [2.05, 4.69) is 41.7 Å². The molecule has 2 unspecified atom stereocenters. The third kappa shape index (κ3) is 8.50. The predicted molar refractivity (Wildman–Crippen MR) is 110 cm³/mol. The Morgan fingerprint density at radius 3 is 2.54 bits per heavy atom. The van der Waals surface area contributed by atoms with Crippen LogP contribution < -0.4 is 16.0 Å². The van der Waals surface area contributed by atoms with Gasteiger partial charge in [-0.3, -0.25) is 9.79 Å². The van der Waals surface area contributed by atoms with Crippen molar-refractivity contribution in [2.75, 3.05) is 33.3 Å². The number of halogens is 1. The van der Waals surface area contributed by atoms with Gasteiger partial charge < -0.3 is 20.7 Å². The van der Waals surface area contributed by atoms with E-state index < -0.39 is 0 Å². The summed E-state index contributed by atoms with van der Waals surface area (Å²) in [7, 11) is 1.72. The molecular weight excluding hydrogens is 419 g/mol. The number of nitrogens with one attached hydrogen (secondary N) is 3. The van der Waals surface area contributed by atoms with Crippen molar-refractivity contribution in [2.45, 2.75) is 53.1 Å². The Kier molecular flexibility index (Phi) is 11.6. The van der Waals surface area contributed by atoms with E-state index in [0.717, 1.165) is 32.4 Å². The van der Waals surface area contributed by atoms with Crippen LogP contribution in [0.3, 0.4) is 0 Å². The highest BCUT2D eigenvalue weighted by atomic mass is 127. The summed E-state index contributed by atoms with van der Waals surface area (Å²) in [6, 6.07) is 0. The minimum Gasteiger partial charge on any atom is -0.377 e. The molecule has 0 spiro atoms. The third-order valence-electron chi connectivity index (χ3n) is 4.04. The highest BCUT2D eigenvalue weighted by Crippen LogP contribution is 2.33. The number of amides is 1. The zero-order valence-electron chi connectivity index (χ0n) is 15.8. The molecule has 0 saturated carbocycles. The van der Waals surface area contributed by atoms with Crippen LogP contribution in [0.4, 0.5) is 0 Å². The first-order chi connectivity index (χ1) is 10.9. The maximum absolute atomic E-state index is 11.6. The molecule has 7 heteroatoms. The zero-order valence-corrected chi connectivity index (χ0v) is 18.1. The van der Waals surface area contributed by atoms with Crippen molar-refractivity contribution in [3.8, 4) is 0 Å². The van der Waals surface area contributed by atoms with Gasteiger partial charge in [0.25, 0.3) is 0 Å². The van der Waals surface area contributed by atoms with E-state index in [1.807, 2.05) is 6.92 Å². The first kappa shape index (κ1) is 23.4. The summed E-state index contributed by atoms with van der Waals surface area (Å²) in [4.78, 5) is 15.8. The Hall–Kier alpha value is -0.570. The van der Waals surface area contributed by atoms with E-state index in [4.69, 9.17) is 4.74 Å². The minimum absolute atomic E-state index is 0. The fraction of sp³-hybridized carbons (Fsp3) is 0.882. The number of carbonyl (C=O) groups is 1. The first-order valence-electron chi connectivity index (χ1n) is 8.71. The Balaban J connectivity index is 0.00000529. The molecule has 1 amide bonds. The molecule has 0 radical (unpaired) electrons. The second kappa shape index (κ2) is 11.9. The molecule has 1 saturated heterocycles. The number of aliphatic imine (C=N–C) groups is 1. The Morgan fingerprint density at radius 1 is 1.25 bits per heavy atom. The van der Waals surface area contributed by atoms with Gasteiger partial charge in [0.05, 0.1) is 12.6 Å². The molecule has 1 aliphatic rings. The summed E-state index contributed by atoms with van der Waals surface area (Å²) in [5, 5.41) is 9.23. The molecule has 1 fully saturated rings. The van der Waals surface area contributed by atoms with Crippen LogP contribution in [-0.2, 0) is 9.53 Å². The van der Waals surface area contributed by atoms with Crippen molar-refractivity contribution in [3.63, 3.8) is 0 Å². The molecule has 2 atom stereocenters. The molecule has 3 N–H and O–H groups in total. The third-order valence-corrected chi connectivity index (χ3v) is 4.04. The Labute approximate surface area is 164 Å². The van der Waals surface area contributed by atoms with Crippen molar-refractivity contribution in [1.82, 2.24) is 16.0 Å². The molecule has 142 valence electrons. The average Bonchev–Trinajstić information content (AvgIpc) is 2.52. The van der Waals surface area contributed by atoms with Crippen LogP contribution in [0.2, 0.25) is 0 Å². The summed E-state index contributed by atoms with van der Waals surface area (Å²) in [5.74, 6) is 1.11. The van der Waals surface area contributed by atoms with E-state index in [0.29, 0.717) is 18.4 Å². The lowest BCUT2D eigenvalue weighted by Crippen LogP contribution is -2.48. The second-order valence-corrected chi connectivity index (χ2v) is 7.22. The van der Waals surface area contributed by atoms with Crippen molar-refractivity contribution in [3.05, 3.63) is 0 Å². The van der Waals surface area contributed by atoms with Crippen LogP contribution >= 0.6 is 24.0 Å². The van der Waals surface area contributed by atoms with Gasteiger partial charge in [0.1, 0.15) is 0 Å². The molecule has 6 nitrogen and oxygen atoms in total. The molecule has 0 aromatic rings. The molecule has 0 aromatic heterocycles. The van der Waals surface area contributed by atoms with Crippen LogP contribution in [0, 0.1) is 11.3 Å². The van der Waals surface area contributed by atoms with Crippen LogP contribution in [0.15, 0.2) is 4.99 Å². The van der Waals surface area contributed by atoms with Gasteiger partial charge in [-0.25, -0.2) is 0 Å². The maximum atomic E-state index is 11.6. The summed E-state index contributed by atoms with van der Waals surface area (Å²) in [6.07, 6.45) is 3.44. The van der Waals surface area contributed by atoms with Gasteiger partial charge in [-0.05, 0) is 24.7 Å². The lowest BCUT2D eigenvalue weighted by atomic mass is 9.78. The fourth-order valence-electron chi connectivity index (χ4n) is 2.95. The van der Waals surface area contributed by atoms with Crippen LogP contribution in [0.5, 0.6) is 0 Å². The molecule has 1 rings (SSSR count). The Morgan fingerprint density at radius 2 is 1.96 bits per heavy atom. The fourth-order valence-corrected chi connectivity index (χ4v) is 2.95.